The maximum absolute atomic E-state index is 9.59. The number of nitrogens with one attached hydrogen (secondary N) is 1. The molecule has 1 aliphatic carbocycles. The summed E-state index contributed by atoms with van der Waals surface area (Å²) < 4.78 is 7.10. The largest absolute Gasteiger partial charge is 0.493 e. The van der Waals surface area contributed by atoms with E-state index >= 15 is 0 Å². The Morgan fingerprint density at radius 2 is 2.21 bits per heavy atom. The number of ether oxygens (including phenoxy) is 1. The summed E-state index contributed by atoms with van der Waals surface area (Å²) in [5.74, 6) is 1.38. The van der Waals surface area contributed by atoms with Crippen molar-refractivity contribution in [3.05, 3.63) is 11.9 Å². The first kappa shape index (κ1) is 14.3. The average molecular weight is 267 g/mol. The molecule has 1 aromatic heterocycles. The van der Waals surface area contributed by atoms with E-state index in [-0.39, 0.29) is 18.7 Å². The summed E-state index contributed by atoms with van der Waals surface area (Å²) in [6.07, 6.45) is 6.86. The molecule has 0 amide bonds. The molecule has 0 aliphatic heterocycles. The first-order valence-corrected chi connectivity index (χ1v) is 7.10. The lowest BCUT2D eigenvalue weighted by Crippen LogP contribution is -2.40. The van der Waals surface area contributed by atoms with Crippen molar-refractivity contribution in [2.75, 3.05) is 13.7 Å². The normalized spacial score (nSPS) is 19.6. The summed E-state index contributed by atoms with van der Waals surface area (Å²) >= 11 is 0. The van der Waals surface area contributed by atoms with Crippen molar-refractivity contribution in [1.29, 1.82) is 0 Å². The SMILES string of the molecule is COc1cn(C)nc1C(C)NC(CO)C1CCCC1. The van der Waals surface area contributed by atoms with E-state index in [0.29, 0.717) is 5.92 Å². The summed E-state index contributed by atoms with van der Waals surface area (Å²) in [5.41, 5.74) is 0.904. The molecule has 19 heavy (non-hydrogen) atoms. The number of hydrogen-bond donors (Lipinski definition) is 2. The van der Waals surface area contributed by atoms with Gasteiger partial charge in [-0.3, -0.25) is 4.68 Å². The van der Waals surface area contributed by atoms with Crippen molar-refractivity contribution < 1.29 is 9.84 Å². The minimum Gasteiger partial charge on any atom is -0.493 e. The number of nitrogens with zero attached hydrogens (tertiary/aromatic N) is 2. The zero-order chi connectivity index (χ0) is 13.8. The summed E-state index contributed by atoms with van der Waals surface area (Å²) in [6, 6.07) is 0.234. The smallest absolute Gasteiger partial charge is 0.161 e. The van der Waals surface area contributed by atoms with Crippen LogP contribution in [0, 0.1) is 5.92 Å². The lowest BCUT2D eigenvalue weighted by molar-refractivity contribution is 0.188. The van der Waals surface area contributed by atoms with E-state index in [0.717, 1.165) is 11.4 Å². The number of aliphatic hydroxyl groups is 1. The highest BCUT2D eigenvalue weighted by atomic mass is 16.5. The van der Waals surface area contributed by atoms with Crippen molar-refractivity contribution in [1.82, 2.24) is 15.1 Å². The Bertz CT molecular complexity index is 399. The molecular formula is C14H25N3O2. The van der Waals surface area contributed by atoms with Gasteiger partial charge in [-0.05, 0) is 25.7 Å². The van der Waals surface area contributed by atoms with Crippen molar-refractivity contribution in [3.63, 3.8) is 0 Å². The van der Waals surface area contributed by atoms with E-state index in [4.69, 9.17) is 4.74 Å². The van der Waals surface area contributed by atoms with Crippen LogP contribution in [0.2, 0.25) is 0 Å². The van der Waals surface area contributed by atoms with Gasteiger partial charge in [0.15, 0.2) is 5.75 Å². The molecule has 1 aromatic rings. The second-order valence-electron chi connectivity index (χ2n) is 5.48. The minimum atomic E-state index is 0.0777. The molecule has 0 radical (unpaired) electrons. The van der Waals surface area contributed by atoms with Gasteiger partial charge in [-0.25, -0.2) is 0 Å². The fourth-order valence-corrected chi connectivity index (χ4v) is 3.04. The van der Waals surface area contributed by atoms with E-state index in [9.17, 15) is 5.11 Å². The molecule has 2 N–H and O–H groups in total. The number of aliphatic hydroxyl groups excluding tert-OH is 1. The number of rotatable bonds is 6. The predicted molar refractivity (Wildman–Crippen MR) is 74.1 cm³/mol. The Hall–Kier alpha value is -1.07. The van der Waals surface area contributed by atoms with Gasteiger partial charge in [0.1, 0.15) is 5.69 Å². The first-order chi connectivity index (χ1) is 9.15. The van der Waals surface area contributed by atoms with Crippen LogP contribution in [0.15, 0.2) is 6.20 Å². The monoisotopic (exact) mass is 267 g/mol. The van der Waals surface area contributed by atoms with Crippen LogP contribution in [-0.4, -0.2) is 34.6 Å². The van der Waals surface area contributed by atoms with Crippen molar-refractivity contribution in [3.8, 4) is 5.75 Å². The zero-order valence-electron chi connectivity index (χ0n) is 12.1. The van der Waals surface area contributed by atoms with Crippen LogP contribution >= 0.6 is 0 Å². The van der Waals surface area contributed by atoms with Crippen LogP contribution in [-0.2, 0) is 7.05 Å². The first-order valence-electron chi connectivity index (χ1n) is 7.10. The summed E-state index contributed by atoms with van der Waals surface area (Å²) in [5, 5.41) is 17.5. The highest BCUT2D eigenvalue weighted by molar-refractivity contribution is 5.27. The number of methoxy groups -OCH3 is 1. The second-order valence-corrected chi connectivity index (χ2v) is 5.48. The molecule has 0 aromatic carbocycles. The second kappa shape index (κ2) is 6.39. The molecule has 5 nitrogen and oxygen atoms in total. The Kier molecular flexibility index (Phi) is 4.82. The highest BCUT2D eigenvalue weighted by Crippen LogP contribution is 2.30. The Balaban J connectivity index is 2.03. The van der Waals surface area contributed by atoms with Crippen molar-refractivity contribution in [2.24, 2.45) is 13.0 Å². The van der Waals surface area contributed by atoms with Crippen LogP contribution in [0.1, 0.15) is 44.3 Å². The molecule has 0 spiro atoms. The van der Waals surface area contributed by atoms with Crippen molar-refractivity contribution >= 4 is 0 Å². The number of aromatic nitrogens is 2. The van der Waals surface area contributed by atoms with E-state index in [2.05, 4.69) is 17.3 Å². The van der Waals surface area contributed by atoms with Crippen LogP contribution in [0.4, 0.5) is 0 Å². The fraction of sp³-hybridized carbons (Fsp3) is 0.786. The van der Waals surface area contributed by atoms with E-state index < -0.39 is 0 Å². The summed E-state index contributed by atoms with van der Waals surface area (Å²) in [7, 11) is 3.55. The molecule has 1 heterocycles. The summed E-state index contributed by atoms with van der Waals surface area (Å²) in [6.45, 7) is 2.26. The van der Waals surface area contributed by atoms with E-state index in [1.54, 1.807) is 11.8 Å². The van der Waals surface area contributed by atoms with Gasteiger partial charge >= 0.3 is 0 Å². The van der Waals surface area contributed by atoms with Crippen LogP contribution in [0.25, 0.3) is 0 Å². The minimum absolute atomic E-state index is 0.0777. The quantitative estimate of drug-likeness (QED) is 0.822. The van der Waals surface area contributed by atoms with Crippen LogP contribution in [0.5, 0.6) is 5.75 Å². The van der Waals surface area contributed by atoms with Gasteiger partial charge < -0.3 is 15.2 Å². The number of aryl methyl sites for hydroxylation is 1. The van der Waals surface area contributed by atoms with Gasteiger partial charge in [0, 0.05) is 13.1 Å². The predicted octanol–water partition coefficient (Wildman–Crippen LogP) is 1.63. The molecule has 1 aliphatic rings. The van der Waals surface area contributed by atoms with Gasteiger partial charge in [0.25, 0.3) is 0 Å². The third kappa shape index (κ3) is 3.28. The van der Waals surface area contributed by atoms with Gasteiger partial charge in [0.05, 0.1) is 26.0 Å². The van der Waals surface area contributed by atoms with E-state index in [1.807, 2.05) is 13.2 Å². The molecule has 2 unspecified atom stereocenters. The zero-order valence-corrected chi connectivity index (χ0v) is 12.1. The maximum Gasteiger partial charge on any atom is 0.161 e. The molecule has 1 saturated carbocycles. The Morgan fingerprint density at radius 1 is 1.53 bits per heavy atom. The molecule has 2 rings (SSSR count). The Labute approximate surface area is 115 Å². The third-order valence-electron chi connectivity index (χ3n) is 4.08. The molecule has 2 atom stereocenters. The lowest BCUT2D eigenvalue weighted by atomic mass is 9.97. The Morgan fingerprint density at radius 3 is 2.79 bits per heavy atom. The van der Waals surface area contributed by atoms with Gasteiger partial charge in [0.2, 0.25) is 0 Å². The molecule has 0 bridgehead atoms. The van der Waals surface area contributed by atoms with Crippen LogP contribution < -0.4 is 10.1 Å². The molecule has 1 fully saturated rings. The lowest BCUT2D eigenvalue weighted by Gasteiger charge is -2.26. The van der Waals surface area contributed by atoms with Gasteiger partial charge in [-0.2, -0.15) is 5.10 Å². The molecule has 108 valence electrons. The van der Waals surface area contributed by atoms with E-state index in [1.165, 1.54) is 25.7 Å². The fourth-order valence-electron chi connectivity index (χ4n) is 3.04. The average Bonchev–Trinajstić information content (AvgIpc) is 3.04. The van der Waals surface area contributed by atoms with Crippen molar-refractivity contribution in [2.45, 2.75) is 44.7 Å². The summed E-state index contributed by atoms with van der Waals surface area (Å²) in [4.78, 5) is 0. The molecule has 0 saturated heterocycles. The molecule has 5 heteroatoms. The third-order valence-corrected chi connectivity index (χ3v) is 4.08. The number of hydrogen-bond acceptors (Lipinski definition) is 4. The topological polar surface area (TPSA) is 59.3 Å². The molecular weight excluding hydrogens is 242 g/mol. The standard InChI is InChI=1S/C14H25N3O2/c1-10(14-13(19-3)8-17(2)16-14)15-12(9-18)11-6-4-5-7-11/h8,10-12,15,18H,4-7,9H2,1-3H3. The maximum atomic E-state index is 9.59. The van der Waals surface area contributed by atoms with Crippen LogP contribution in [0.3, 0.4) is 0 Å². The van der Waals surface area contributed by atoms with Gasteiger partial charge in [-0.1, -0.05) is 12.8 Å². The van der Waals surface area contributed by atoms with Gasteiger partial charge in [-0.15, -0.1) is 0 Å². The highest BCUT2D eigenvalue weighted by Gasteiger charge is 2.27.